The Morgan fingerprint density at radius 1 is 1.40 bits per heavy atom. The van der Waals surface area contributed by atoms with Crippen molar-refractivity contribution in [1.82, 2.24) is 0 Å². The van der Waals surface area contributed by atoms with Crippen molar-refractivity contribution in [2.75, 3.05) is 5.32 Å². The number of rotatable bonds is 5. The fourth-order valence-corrected chi connectivity index (χ4v) is 2.20. The number of amides is 1. The van der Waals surface area contributed by atoms with Gasteiger partial charge in [0.15, 0.2) is 0 Å². The highest BCUT2D eigenvalue weighted by Gasteiger charge is 2.18. The molecule has 1 aromatic carbocycles. The van der Waals surface area contributed by atoms with Crippen LogP contribution in [0.4, 0.5) is 5.69 Å². The predicted octanol–water partition coefficient (Wildman–Crippen LogP) is 3.05. The lowest BCUT2D eigenvalue weighted by Gasteiger charge is -2.22. The molecule has 1 rings (SSSR count). The molecule has 0 aliphatic heterocycles. The summed E-state index contributed by atoms with van der Waals surface area (Å²) in [7, 11) is 0. The van der Waals surface area contributed by atoms with Gasteiger partial charge in [0.1, 0.15) is 5.75 Å². The number of phenolic OH excluding ortho intramolecular Hbond substituents is 1. The maximum absolute atomic E-state index is 12.0. The monoisotopic (exact) mass is 278 g/mol. The lowest BCUT2D eigenvalue weighted by molar-refractivity contribution is -0.116. The van der Waals surface area contributed by atoms with Gasteiger partial charge in [-0.05, 0) is 36.0 Å². The van der Waals surface area contributed by atoms with Crippen molar-refractivity contribution >= 4 is 11.6 Å². The van der Waals surface area contributed by atoms with E-state index < -0.39 is 0 Å². The number of benzene rings is 1. The Labute approximate surface area is 121 Å². The minimum absolute atomic E-state index is 0.0833. The van der Waals surface area contributed by atoms with Gasteiger partial charge in [0, 0.05) is 12.5 Å². The number of aryl methyl sites for hydroxylation is 1. The smallest absolute Gasteiger partial charge is 0.226 e. The Balaban J connectivity index is 2.62. The molecule has 112 valence electrons. The third-order valence-electron chi connectivity index (χ3n) is 3.07. The molecule has 1 aromatic rings. The number of carbonyl (C=O) groups is 1. The maximum Gasteiger partial charge on any atom is 0.226 e. The van der Waals surface area contributed by atoms with E-state index in [-0.39, 0.29) is 29.5 Å². The van der Waals surface area contributed by atoms with E-state index in [0.717, 1.165) is 18.4 Å². The molecule has 0 saturated carbocycles. The third kappa shape index (κ3) is 5.61. The number of phenols is 1. The first-order chi connectivity index (χ1) is 9.21. The fraction of sp³-hybridized carbons (Fsp3) is 0.562. The second-order valence-corrected chi connectivity index (χ2v) is 6.48. The van der Waals surface area contributed by atoms with Gasteiger partial charge in [0.2, 0.25) is 5.91 Å². The topological polar surface area (TPSA) is 75.3 Å². The number of carbonyl (C=O) groups excluding carboxylic acids is 1. The van der Waals surface area contributed by atoms with Gasteiger partial charge < -0.3 is 16.2 Å². The highest BCUT2D eigenvalue weighted by molar-refractivity contribution is 5.92. The SMILES string of the molecule is CCc1ccc(O)c(NC(=O)CC(N)CC(C)(C)C)c1. The van der Waals surface area contributed by atoms with Crippen molar-refractivity contribution in [2.24, 2.45) is 11.1 Å². The molecule has 4 nitrogen and oxygen atoms in total. The molecular formula is C16H26N2O2. The minimum Gasteiger partial charge on any atom is -0.506 e. The van der Waals surface area contributed by atoms with E-state index in [4.69, 9.17) is 5.73 Å². The van der Waals surface area contributed by atoms with Crippen LogP contribution in [-0.4, -0.2) is 17.1 Å². The number of anilines is 1. The van der Waals surface area contributed by atoms with Crippen LogP contribution in [0.15, 0.2) is 18.2 Å². The van der Waals surface area contributed by atoms with Crippen LogP contribution in [0, 0.1) is 5.41 Å². The van der Waals surface area contributed by atoms with Gasteiger partial charge in [-0.3, -0.25) is 4.79 Å². The molecule has 0 heterocycles. The van der Waals surface area contributed by atoms with E-state index in [0.29, 0.717) is 5.69 Å². The van der Waals surface area contributed by atoms with Crippen LogP contribution >= 0.6 is 0 Å². The zero-order valence-corrected chi connectivity index (χ0v) is 12.9. The summed E-state index contributed by atoms with van der Waals surface area (Å²) in [5, 5.41) is 12.5. The Morgan fingerprint density at radius 3 is 2.60 bits per heavy atom. The normalized spacial score (nSPS) is 13.1. The van der Waals surface area contributed by atoms with E-state index in [1.807, 2.05) is 13.0 Å². The first-order valence-corrected chi connectivity index (χ1v) is 7.08. The Bertz CT molecular complexity index is 464. The van der Waals surface area contributed by atoms with Crippen molar-refractivity contribution in [3.8, 4) is 5.75 Å². The summed E-state index contributed by atoms with van der Waals surface area (Å²) >= 11 is 0. The summed E-state index contributed by atoms with van der Waals surface area (Å²) in [5.41, 5.74) is 7.61. The predicted molar refractivity (Wildman–Crippen MR) is 82.8 cm³/mol. The van der Waals surface area contributed by atoms with Crippen LogP contribution < -0.4 is 11.1 Å². The zero-order valence-electron chi connectivity index (χ0n) is 12.9. The van der Waals surface area contributed by atoms with E-state index in [1.54, 1.807) is 12.1 Å². The van der Waals surface area contributed by atoms with Crippen LogP contribution in [0.2, 0.25) is 0 Å². The summed E-state index contributed by atoms with van der Waals surface area (Å²) in [4.78, 5) is 12.0. The molecule has 4 heteroatoms. The molecule has 0 bridgehead atoms. The van der Waals surface area contributed by atoms with Crippen molar-refractivity contribution in [3.05, 3.63) is 23.8 Å². The first kappa shape index (κ1) is 16.5. The summed E-state index contributed by atoms with van der Waals surface area (Å²) in [6.45, 7) is 8.32. The summed E-state index contributed by atoms with van der Waals surface area (Å²) in [5.74, 6) is -0.0785. The standard InChI is InChI=1S/C16H26N2O2/c1-5-11-6-7-14(19)13(8-11)18-15(20)9-12(17)10-16(2,3)4/h6-8,12,19H,5,9-10,17H2,1-4H3,(H,18,20). The molecule has 20 heavy (non-hydrogen) atoms. The Hall–Kier alpha value is -1.55. The van der Waals surface area contributed by atoms with Crippen LogP contribution in [0.1, 0.15) is 46.1 Å². The molecule has 0 aliphatic rings. The quantitative estimate of drug-likeness (QED) is 0.725. The molecule has 1 atom stereocenters. The molecule has 4 N–H and O–H groups in total. The highest BCUT2D eigenvalue weighted by atomic mass is 16.3. The summed E-state index contributed by atoms with van der Waals surface area (Å²) < 4.78 is 0. The molecule has 0 radical (unpaired) electrons. The highest BCUT2D eigenvalue weighted by Crippen LogP contribution is 2.25. The van der Waals surface area contributed by atoms with Crippen LogP contribution in [0.25, 0.3) is 0 Å². The summed E-state index contributed by atoms with van der Waals surface area (Å²) in [6, 6.07) is 5.06. The number of nitrogens with one attached hydrogen (secondary N) is 1. The average molecular weight is 278 g/mol. The van der Waals surface area contributed by atoms with Gasteiger partial charge in [-0.2, -0.15) is 0 Å². The Morgan fingerprint density at radius 2 is 2.05 bits per heavy atom. The summed E-state index contributed by atoms with van der Waals surface area (Å²) in [6.07, 6.45) is 1.89. The van der Waals surface area contributed by atoms with Crippen LogP contribution in [0.5, 0.6) is 5.75 Å². The van der Waals surface area contributed by atoms with Gasteiger partial charge >= 0.3 is 0 Å². The molecular weight excluding hydrogens is 252 g/mol. The van der Waals surface area contributed by atoms with E-state index >= 15 is 0 Å². The third-order valence-corrected chi connectivity index (χ3v) is 3.07. The molecule has 0 aromatic heterocycles. The van der Waals surface area contributed by atoms with Crippen molar-refractivity contribution < 1.29 is 9.90 Å². The molecule has 0 saturated heterocycles. The van der Waals surface area contributed by atoms with Gasteiger partial charge in [-0.15, -0.1) is 0 Å². The van der Waals surface area contributed by atoms with Crippen molar-refractivity contribution in [1.29, 1.82) is 0 Å². The maximum atomic E-state index is 12.0. The van der Waals surface area contributed by atoms with E-state index in [9.17, 15) is 9.90 Å². The fourth-order valence-electron chi connectivity index (χ4n) is 2.20. The van der Waals surface area contributed by atoms with Gasteiger partial charge in [0.05, 0.1) is 5.69 Å². The molecule has 1 unspecified atom stereocenters. The van der Waals surface area contributed by atoms with E-state index in [2.05, 4.69) is 26.1 Å². The second-order valence-electron chi connectivity index (χ2n) is 6.48. The van der Waals surface area contributed by atoms with Crippen LogP contribution in [0.3, 0.4) is 0 Å². The van der Waals surface area contributed by atoms with Gasteiger partial charge in [-0.1, -0.05) is 33.8 Å². The molecule has 0 fully saturated rings. The number of nitrogens with two attached hydrogens (primary N) is 1. The Kier molecular flexibility index (Phi) is 5.57. The largest absolute Gasteiger partial charge is 0.506 e. The lowest BCUT2D eigenvalue weighted by atomic mass is 9.87. The molecule has 1 amide bonds. The number of hydrogen-bond donors (Lipinski definition) is 3. The van der Waals surface area contributed by atoms with Crippen molar-refractivity contribution in [3.63, 3.8) is 0 Å². The van der Waals surface area contributed by atoms with E-state index in [1.165, 1.54) is 0 Å². The van der Waals surface area contributed by atoms with Gasteiger partial charge in [-0.25, -0.2) is 0 Å². The second kappa shape index (κ2) is 6.75. The average Bonchev–Trinajstić information content (AvgIpc) is 2.29. The lowest BCUT2D eigenvalue weighted by Crippen LogP contribution is -2.31. The molecule has 0 aliphatic carbocycles. The van der Waals surface area contributed by atoms with Crippen LogP contribution in [-0.2, 0) is 11.2 Å². The molecule has 0 spiro atoms. The number of hydrogen-bond acceptors (Lipinski definition) is 3. The van der Waals surface area contributed by atoms with Crippen molar-refractivity contribution in [2.45, 2.75) is 53.0 Å². The zero-order chi connectivity index (χ0) is 15.3. The van der Waals surface area contributed by atoms with Gasteiger partial charge in [0.25, 0.3) is 0 Å². The first-order valence-electron chi connectivity index (χ1n) is 7.08. The number of aromatic hydroxyl groups is 1. The minimum atomic E-state index is -0.175.